The molecule has 1 atom stereocenters. The number of carbonyl (C=O) groups is 1. The first-order chi connectivity index (χ1) is 13.8. The van der Waals surface area contributed by atoms with Gasteiger partial charge in [0.2, 0.25) is 5.91 Å². The van der Waals surface area contributed by atoms with Gasteiger partial charge < -0.3 is 14.6 Å². The third-order valence-corrected chi connectivity index (χ3v) is 4.80. The quantitative estimate of drug-likeness (QED) is 0.413. The molecule has 0 radical (unpaired) electrons. The summed E-state index contributed by atoms with van der Waals surface area (Å²) in [4.78, 5) is 16.7. The second kappa shape index (κ2) is 9.17. The lowest BCUT2D eigenvalue weighted by atomic mass is 10.1. The predicted octanol–water partition coefficient (Wildman–Crippen LogP) is 4.83. The number of fused-ring (bicyclic) bond motifs is 1. The van der Waals surface area contributed by atoms with E-state index in [-0.39, 0.29) is 29.2 Å². The maximum atomic E-state index is 12.9. The highest BCUT2D eigenvalue weighted by atomic mass is 32.2. The van der Waals surface area contributed by atoms with E-state index >= 15 is 0 Å². The van der Waals surface area contributed by atoms with Crippen molar-refractivity contribution in [1.29, 1.82) is 0 Å². The Kier molecular flexibility index (Phi) is 6.63. The predicted molar refractivity (Wildman–Crippen MR) is 101 cm³/mol. The van der Waals surface area contributed by atoms with Crippen LogP contribution in [0.5, 0.6) is 5.75 Å². The van der Waals surface area contributed by atoms with Crippen molar-refractivity contribution in [2.24, 2.45) is 0 Å². The van der Waals surface area contributed by atoms with Gasteiger partial charge in [-0.1, -0.05) is 24.3 Å². The summed E-state index contributed by atoms with van der Waals surface area (Å²) in [5.74, 6) is -3.05. The number of amides is 1. The number of hydrogen-bond donors (Lipinski definition) is 1. The summed E-state index contributed by atoms with van der Waals surface area (Å²) in [6, 6.07) is 12.3. The lowest BCUT2D eigenvalue weighted by molar-refractivity contribution is -0.122. The smallest absolute Gasteiger partial charge is 0.387 e. The first kappa shape index (κ1) is 21.0. The van der Waals surface area contributed by atoms with Gasteiger partial charge in [-0.25, -0.2) is 4.98 Å². The number of para-hydroxylation sites is 2. The molecule has 2 aromatic carbocycles. The molecule has 3 rings (SSSR count). The number of aromatic nitrogens is 2. The zero-order chi connectivity index (χ0) is 21.0. The third kappa shape index (κ3) is 5.41. The van der Waals surface area contributed by atoms with Crippen LogP contribution in [-0.4, -0.2) is 27.8 Å². The van der Waals surface area contributed by atoms with Crippen molar-refractivity contribution in [3.05, 3.63) is 54.1 Å². The van der Waals surface area contributed by atoms with Crippen LogP contribution in [-0.2, 0) is 11.3 Å². The third-order valence-electron chi connectivity index (χ3n) is 4.10. The molecule has 1 N–H and O–H groups in total. The first-order valence-corrected chi connectivity index (χ1v) is 9.45. The van der Waals surface area contributed by atoms with Gasteiger partial charge in [-0.2, -0.15) is 17.6 Å². The number of carbonyl (C=O) groups excluding carboxylic acids is 1. The van der Waals surface area contributed by atoms with Crippen LogP contribution in [0.4, 0.5) is 17.6 Å². The number of rotatable bonds is 8. The Morgan fingerprint density at radius 3 is 2.48 bits per heavy atom. The summed E-state index contributed by atoms with van der Waals surface area (Å²) < 4.78 is 55.9. The number of halogens is 4. The molecule has 1 unspecified atom stereocenters. The Morgan fingerprint density at radius 1 is 1.14 bits per heavy atom. The zero-order valence-corrected chi connectivity index (χ0v) is 16.0. The molecule has 1 amide bonds. The fourth-order valence-electron chi connectivity index (χ4n) is 2.83. The van der Waals surface area contributed by atoms with E-state index < -0.39 is 24.3 Å². The molecule has 1 aromatic heterocycles. The highest BCUT2D eigenvalue weighted by molar-refractivity contribution is 7.99. The molecule has 1 heterocycles. The highest BCUT2D eigenvalue weighted by Crippen LogP contribution is 2.28. The van der Waals surface area contributed by atoms with Gasteiger partial charge in [0.1, 0.15) is 12.3 Å². The van der Waals surface area contributed by atoms with Gasteiger partial charge in [0.25, 0.3) is 5.76 Å². The van der Waals surface area contributed by atoms with Crippen molar-refractivity contribution in [2.45, 2.75) is 37.0 Å². The molecule has 0 fully saturated rings. The normalized spacial score (nSPS) is 12.5. The number of ether oxygens (including phenoxy) is 1. The summed E-state index contributed by atoms with van der Waals surface area (Å²) in [5.41, 5.74) is 1.77. The van der Waals surface area contributed by atoms with Crippen LogP contribution in [0, 0.1) is 0 Å². The number of imidazole rings is 1. The van der Waals surface area contributed by atoms with Crippen LogP contribution in [0.2, 0.25) is 0 Å². The van der Waals surface area contributed by atoms with E-state index in [9.17, 15) is 22.4 Å². The van der Waals surface area contributed by atoms with Crippen molar-refractivity contribution in [1.82, 2.24) is 14.9 Å². The van der Waals surface area contributed by atoms with E-state index in [0.717, 1.165) is 0 Å². The minimum Gasteiger partial charge on any atom is -0.435 e. The van der Waals surface area contributed by atoms with Crippen LogP contribution in [0.1, 0.15) is 18.5 Å². The number of benzene rings is 2. The SMILES string of the molecule is CC(NC(=O)Cn1c(SC(F)F)nc2ccccc21)c1ccc(OC(F)F)cc1. The summed E-state index contributed by atoms with van der Waals surface area (Å²) in [5, 5.41) is 2.82. The standard InChI is InChI=1S/C19H17F4N3O2S/c1-11(12-6-8-13(9-7-12)28-17(20)21)24-16(27)10-26-15-5-3-2-4-14(15)25-19(26)29-18(22)23/h2-9,11,17-18H,10H2,1H3,(H,24,27). The Hall–Kier alpha value is -2.75. The minimum atomic E-state index is -2.91. The van der Waals surface area contributed by atoms with Gasteiger partial charge in [0, 0.05) is 0 Å². The Balaban J connectivity index is 1.72. The van der Waals surface area contributed by atoms with E-state index in [1.165, 1.54) is 16.7 Å². The van der Waals surface area contributed by atoms with Gasteiger partial charge in [-0.05, 0) is 48.5 Å². The summed E-state index contributed by atoms with van der Waals surface area (Å²) in [6.45, 7) is -1.38. The fraction of sp³-hybridized carbons (Fsp3) is 0.263. The molecule has 5 nitrogen and oxygen atoms in total. The summed E-state index contributed by atoms with van der Waals surface area (Å²) in [6.07, 6.45) is 0. The Morgan fingerprint density at radius 2 is 1.83 bits per heavy atom. The first-order valence-electron chi connectivity index (χ1n) is 8.57. The monoisotopic (exact) mass is 427 g/mol. The maximum Gasteiger partial charge on any atom is 0.387 e. The van der Waals surface area contributed by atoms with Crippen molar-refractivity contribution in [3.63, 3.8) is 0 Å². The van der Waals surface area contributed by atoms with E-state index in [4.69, 9.17) is 0 Å². The molecule has 0 spiro atoms. The van der Waals surface area contributed by atoms with E-state index in [1.807, 2.05) is 0 Å². The van der Waals surface area contributed by atoms with Crippen LogP contribution >= 0.6 is 11.8 Å². The van der Waals surface area contributed by atoms with Crippen molar-refractivity contribution >= 4 is 28.7 Å². The largest absolute Gasteiger partial charge is 0.435 e. The topological polar surface area (TPSA) is 56.2 Å². The molecular weight excluding hydrogens is 410 g/mol. The summed E-state index contributed by atoms with van der Waals surface area (Å²) in [7, 11) is 0. The number of nitrogens with zero attached hydrogens (tertiary/aromatic N) is 2. The maximum absolute atomic E-state index is 12.9. The Bertz CT molecular complexity index is 979. The number of nitrogens with one attached hydrogen (secondary N) is 1. The number of alkyl halides is 4. The molecular formula is C19H17F4N3O2S. The van der Waals surface area contributed by atoms with E-state index in [1.54, 1.807) is 43.3 Å². The van der Waals surface area contributed by atoms with Gasteiger partial charge in [0.05, 0.1) is 17.1 Å². The highest BCUT2D eigenvalue weighted by Gasteiger charge is 2.19. The molecule has 0 bridgehead atoms. The van der Waals surface area contributed by atoms with Crippen LogP contribution in [0.15, 0.2) is 53.7 Å². The Labute approximate surface area is 168 Å². The van der Waals surface area contributed by atoms with Crippen molar-refractivity contribution in [2.75, 3.05) is 0 Å². The average Bonchev–Trinajstić information content (AvgIpc) is 2.98. The molecule has 0 aliphatic heterocycles. The molecule has 29 heavy (non-hydrogen) atoms. The summed E-state index contributed by atoms with van der Waals surface area (Å²) >= 11 is 0.278. The molecule has 0 aliphatic carbocycles. The molecule has 10 heteroatoms. The zero-order valence-electron chi connectivity index (χ0n) is 15.2. The van der Waals surface area contributed by atoms with Gasteiger partial charge in [-0.3, -0.25) is 4.79 Å². The molecule has 154 valence electrons. The van der Waals surface area contributed by atoms with Crippen molar-refractivity contribution < 1.29 is 27.1 Å². The van der Waals surface area contributed by atoms with Gasteiger partial charge in [-0.15, -0.1) is 0 Å². The lowest BCUT2D eigenvalue weighted by Gasteiger charge is -2.16. The minimum absolute atomic E-state index is 0.0147. The number of thioether (sulfide) groups is 1. The molecule has 0 saturated carbocycles. The van der Waals surface area contributed by atoms with E-state index in [0.29, 0.717) is 16.6 Å². The van der Waals surface area contributed by atoms with Crippen LogP contribution in [0.25, 0.3) is 11.0 Å². The van der Waals surface area contributed by atoms with E-state index in [2.05, 4.69) is 15.0 Å². The van der Waals surface area contributed by atoms with Gasteiger partial charge >= 0.3 is 6.61 Å². The van der Waals surface area contributed by atoms with Crippen LogP contribution < -0.4 is 10.1 Å². The molecule has 3 aromatic rings. The van der Waals surface area contributed by atoms with Crippen LogP contribution in [0.3, 0.4) is 0 Å². The second-order valence-corrected chi connectivity index (χ2v) is 7.04. The van der Waals surface area contributed by atoms with Crippen molar-refractivity contribution in [3.8, 4) is 5.75 Å². The van der Waals surface area contributed by atoms with Gasteiger partial charge in [0.15, 0.2) is 5.16 Å². The number of hydrogen-bond acceptors (Lipinski definition) is 4. The average molecular weight is 427 g/mol. The molecule has 0 aliphatic rings. The lowest BCUT2D eigenvalue weighted by Crippen LogP contribution is -2.30. The fourth-order valence-corrected chi connectivity index (χ4v) is 3.43. The second-order valence-electron chi connectivity index (χ2n) is 6.08. The molecule has 0 saturated heterocycles.